The lowest BCUT2D eigenvalue weighted by molar-refractivity contribution is -0.239. The summed E-state index contributed by atoms with van der Waals surface area (Å²) in [7, 11) is 1.24. The maximum atomic E-state index is 13.6. The number of hydrogen-bond acceptors (Lipinski definition) is 9. The number of esters is 1. The smallest absolute Gasteiger partial charge is 0.338 e. The first-order chi connectivity index (χ1) is 15.6. The second kappa shape index (κ2) is 10.1. The van der Waals surface area contributed by atoms with Crippen molar-refractivity contribution in [3.05, 3.63) is 35.8 Å². The molecule has 2 heterocycles. The summed E-state index contributed by atoms with van der Waals surface area (Å²) in [4.78, 5) is 12.2. The summed E-state index contributed by atoms with van der Waals surface area (Å²) in [6, 6.07) is 0.307. The molecule has 3 rings (SSSR count). The van der Waals surface area contributed by atoms with E-state index in [4.69, 9.17) is 14.2 Å². The van der Waals surface area contributed by atoms with Crippen molar-refractivity contribution in [3.63, 3.8) is 0 Å². The maximum absolute atomic E-state index is 13.6. The molecule has 1 fully saturated rings. The predicted octanol–water partition coefficient (Wildman–Crippen LogP) is 0.352. The average Bonchev–Trinajstić information content (AvgIpc) is 3.25. The molecule has 1 aliphatic heterocycles. The van der Waals surface area contributed by atoms with Gasteiger partial charge in [-0.25, -0.2) is 22.6 Å². The predicted molar refractivity (Wildman–Crippen MR) is 104 cm³/mol. The second-order valence-corrected chi connectivity index (χ2v) is 7.77. The molecule has 1 aliphatic rings. The van der Waals surface area contributed by atoms with Gasteiger partial charge in [0.2, 0.25) is 0 Å². The zero-order valence-corrected chi connectivity index (χ0v) is 17.9. The molecule has 182 valence electrons. The molecule has 6 atom stereocenters. The number of carbonyl (C=O) groups excluding carboxylic acids is 1. The Morgan fingerprint density at radius 1 is 1.27 bits per heavy atom. The van der Waals surface area contributed by atoms with Crippen molar-refractivity contribution in [3.8, 4) is 11.3 Å². The van der Waals surface area contributed by atoms with Crippen molar-refractivity contribution >= 4 is 5.97 Å². The summed E-state index contributed by atoms with van der Waals surface area (Å²) in [5.41, 5.74) is -0.179. The van der Waals surface area contributed by atoms with E-state index in [1.54, 1.807) is 13.8 Å². The van der Waals surface area contributed by atoms with Crippen LogP contribution in [-0.4, -0.2) is 86.6 Å². The van der Waals surface area contributed by atoms with Crippen molar-refractivity contribution in [1.82, 2.24) is 15.0 Å². The van der Waals surface area contributed by atoms with Gasteiger partial charge in [-0.05, 0) is 26.0 Å². The molecule has 3 N–H and O–H groups in total. The van der Waals surface area contributed by atoms with Crippen LogP contribution in [0.5, 0.6) is 0 Å². The van der Waals surface area contributed by atoms with Gasteiger partial charge in [0.25, 0.3) is 0 Å². The number of methoxy groups -OCH3 is 1. The molecule has 0 saturated carbocycles. The molecule has 1 saturated heterocycles. The van der Waals surface area contributed by atoms with Crippen LogP contribution in [-0.2, 0) is 19.0 Å². The largest absolute Gasteiger partial charge is 0.461 e. The van der Waals surface area contributed by atoms with Crippen molar-refractivity contribution in [1.29, 1.82) is 0 Å². The van der Waals surface area contributed by atoms with Gasteiger partial charge in [-0.3, -0.25) is 0 Å². The number of rotatable bonds is 7. The minimum atomic E-state index is -1.83. The highest BCUT2D eigenvalue weighted by molar-refractivity contribution is 5.75. The van der Waals surface area contributed by atoms with E-state index in [0.717, 1.165) is 16.8 Å². The van der Waals surface area contributed by atoms with Crippen molar-refractivity contribution < 1.29 is 47.5 Å². The second-order valence-electron chi connectivity index (χ2n) is 7.77. The van der Waals surface area contributed by atoms with E-state index in [1.807, 2.05) is 0 Å². The van der Waals surface area contributed by atoms with Gasteiger partial charge in [-0.1, -0.05) is 5.21 Å². The first-order valence-electron chi connectivity index (χ1n) is 10.0. The van der Waals surface area contributed by atoms with E-state index in [0.29, 0.717) is 0 Å². The highest BCUT2D eigenvalue weighted by atomic mass is 19.2. The summed E-state index contributed by atoms with van der Waals surface area (Å²) >= 11 is 0. The Hall–Kier alpha value is -2.58. The number of hydrogen-bond donors (Lipinski definition) is 3. The van der Waals surface area contributed by atoms with Crippen LogP contribution in [0.2, 0.25) is 0 Å². The lowest BCUT2D eigenvalue weighted by atomic mass is 9.90. The molecule has 1 aromatic heterocycles. The van der Waals surface area contributed by atoms with Crippen LogP contribution in [0.4, 0.5) is 13.2 Å². The Kier molecular flexibility index (Phi) is 7.69. The highest BCUT2D eigenvalue weighted by Gasteiger charge is 2.51. The van der Waals surface area contributed by atoms with Crippen LogP contribution in [0.25, 0.3) is 11.3 Å². The molecular weight excluding hydrogens is 451 g/mol. The van der Waals surface area contributed by atoms with Gasteiger partial charge in [0.15, 0.2) is 23.6 Å². The van der Waals surface area contributed by atoms with Crippen molar-refractivity contribution in [2.45, 2.75) is 56.5 Å². The Bertz CT molecular complexity index is 967. The summed E-state index contributed by atoms with van der Waals surface area (Å²) in [5, 5.41) is 38.6. The number of aliphatic hydroxyl groups excluding tert-OH is 3. The van der Waals surface area contributed by atoms with E-state index < -0.39 is 72.7 Å². The van der Waals surface area contributed by atoms with Crippen LogP contribution in [0.1, 0.15) is 19.9 Å². The van der Waals surface area contributed by atoms with Crippen LogP contribution in [0, 0.1) is 17.5 Å². The molecule has 0 amide bonds. The third kappa shape index (κ3) is 5.01. The Balaban J connectivity index is 1.97. The number of nitrogens with zero attached hydrogens (tertiary/aromatic N) is 3. The zero-order chi connectivity index (χ0) is 24.4. The van der Waals surface area contributed by atoms with Crippen LogP contribution in [0.3, 0.4) is 0 Å². The van der Waals surface area contributed by atoms with E-state index in [9.17, 15) is 33.3 Å². The first kappa shape index (κ1) is 25.1. The van der Waals surface area contributed by atoms with E-state index >= 15 is 0 Å². The molecular formula is C20H24F3N3O7. The van der Waals surface area contributed by atoms with Crippen LogP contribution >= 0.6 is 0 Å². The quantitative estimate of drug-likeness (QED) is 0.383. The van der Waals surface area contributed by atoms with Crippen LogP contribution < -0.4 is 0 Å². The molecule has 0 aliphatic carbocycles. The topological polar surface area (TPSA) is 136 Å². The Morgan fingerprint density at radius 2 is 1.91 bits per heavy atom. The molecule has 33 heavy (non-hydrogen) atoms. The van der Waals surface area contributed by atoms with Gasteiger partial charge in [0, 0.05) is 12.7 Å². The molecule has 13 heteroatoms. The average molecular weight is 475 g/mol. The van der Waals surface area contributed by atoms with Gasteiger partial charge in [0.1, 0.15) is 36.2 Å². The molecule has 0 radical (unpaired) electrons. The van der Waals surface area contributed by atoms with Gasteiger partial charge in [-0.15, -0.1) is 5.10 Å². The monoisotopic (exact) mass is 475 g/mol. The minimum absolute atomic E-state index is 0.0572. The fraction of sp³-hybridized carbons (Fsp3) is 0.550. The van der Waals surface area contributed by atoms with Crippen molar-refractivity contribution in [2.24, 2.45) is 0 Å². The number of benzene rings is 1. The summed E-state index contributed by atoms with van der Waals surface area (Å²) in [6.45, 7) is 2.50. The third-order valence-electron chi connectivity index (χ3n) is 5.18. The molecule has 2 aromatic rings. The first-order valence-corrected chi connectivity index (χ1v) is 10.0. The Morgan fingerprint density at radius 3 is 2.45 bits per heavy atom. The number of halogens is 3. The molecule has 1 aromatic carbocycles. The molecule has 10 nitrogen and oxygen atoms in total. The zero-order valence-electron chi connectivity index (χ0n) is 17.9. The number of ether oxygens (including phenoxy) is 3. The maximum Gasteiger partial charge on any atom is 0.338 e. The van der Waals surface area contributed by atoms with E-state index in [1.165, 1.54) is 13.3 Å². The lowest BCUT2D eigenvalue weighted by Gasteiger charge is -2.44. The SMILES string of the molecule is COC1[C@H]([C@H](O)C(=O)OC(C)C)OC(CO)[C@H](O)[C@@H]1n1cc(-c2cc(F)c(F)c(F)c2)nn1. The van der Waals surface area contributed by atoms with Gasteiger partial charge in [-0.2, -0.15) is 0 Å². The number of carbonyl (C=O) groups is 1. The number of aromatic nitrogens is 3. The number of aliphatic hydroxyl groups is 3. The fourth-order valence-electron chi connectivity index (χ4n) is 3.65. The van der Waals surface area contributed by atoms with E-state index in [2.05, 4.69) is 10.3 Å². The summed E-state index contributed by atoms with van der Waals surface area (Å²) in [5.74, 6) is -5.48. The summed E-state index contributed by atoms with van der Waals surface area (Å²) < 4.78 is 57.5. The standard InChI is InChI=1S/C20H24F3N3O7/c1-8(2)32-20(30)17(29)19-18(31-3)15(16(28)13(7-27)33-19)26-6-12(24-25-26)9-4-10(21)14(23)11(22)5-9/h4-6,8,13,15-19,27-29H,7H2,1-3H3/t13?,15-,16-,17-,18?,19-/m0/s1. The fourth-order valence-corrected chi connectivity index (χ4v) is 3.65. The van der Waals surface area contributed by atoms with Gasteiger partial charge >= 0.3 is 5.97 Å². The van der Waals surface area contributed by atoms with E-state index in [-0.39, 0.29) is 11.3 Å². The molecule has 2 unspecified atom stereocenters. The van der Waals surface area contributed by atoms with Gasteiger partial charge in [0.05, 0.1) is 18.9 Å². The lowest BCUT2D eigenvalue weighted by Crippen LogP contribution is -2.61. The van der Waals surface area contributed by atoms with Crippen molar-refractivity contribution in [2.75, 3.05) is 13.7 Å². The highest BCUT2D eigenvalue weighted by Crippen LogP contribution is 2.34. The minimum Gasteiger partial charge on any atom is -0.461 e. The summed E-state index contributed by atoms with van der Waals surface area (Å²) in [6.07, 6.45) is -6.40. The molecule has 0 spiro atoms. The van der Waals surface area contributed by atoms with Crippen LogP contribution in [0.15, 0.2) is 18.3 Å². The Labute approximate surface area is 186 Å². The molecule has 0 bridgehead atoms. The van der Waals surface area contributed by atoms with Gasteiger partial charge < -0.3 is 29.5 Å². The normalized spacial score (nSPS) is 26.4. The third-order valence-corrected chi connectivity index (χ3v) is 5.18.